The Kier molecular flexibility index (Phi) is 1.20. The van der Waals surface area contributed by atoms with E-state index in [-0.39, 0.29) is 18.6 Å². The summed E-state index contributed by atoms with van der Waals surface area (Å²) in [5, 5.41) is 8.76. The molecule has 0 spiro atoms. The van der Waals surface area contributed by atoms with Crippen molar-refractivity contribution in [2.24, 2.45) is 5.92 Å². The Labute approximate surface area is 59.6 Å². The Balaban J connectivity index is 2.17. The van der Waals surface area contributed by atoms with Crippen molar-refractivity contribution >= 4 is 5.91 Å². The average molecular weight is 141 g/mol. The van der Waals surface area contributed by atoms with Gasteiger partial charge in [-0.25, -0.2) is 0 Å². The summed E-state index contributed by atoms with van der Waals surface area (Å²) in [5.74, 6) is 0.413. The highest BCUT2D eigenvalue weighted by Gasteiger charge is 2.43. The molecule has 2 fully saturated rings. The van der Waals surface area contributed by atoms with E-state index in [1.165, 1.54) is 0 Å². The van der Waals surface area contributed by atoms with E-state index < -0.39 is 0 Å². The summed E-state index contributed by atoms with van der Waals surface area (Å²) >= 11 is 0. The molecule has 2 rings (SSSR count). The van der Waals surface area contributed by atoms with Gasteiger partial charge < -0.3 is 10.0 Å². The molecule has 0 radical (unpaired) electrons. The summed E-state index contributed by atoms with van der Waals surface area (Å²) < 4.78 is 0. The molecule has 2 bridgehead atoms. The molecule has 0 unspecified atom stereocenters. The third-order valence-electron chi connectivity index (χ3n) is 2.63. The molecule has 0 aromatic rings. The van der Waals surface area contributed by atoms with Crippen molar-refractivity contribution in [1.82, 2.24) is 4.90 Å². The molecule has 3 heteroatoms. The fraction of sp³-hybridized carbons (Fsp3) is 0.857. The normalized spacial score (nSPS) is 37.7. The zero-order valence-electron chi connectivity index (χ0n) is 5.79. The van der Waals surface area contributed by atoms with Gasteiger partial charge in [0.25, 0.3) is 0 Å². The lowest BCUT2D eigenvalue weighted by molar-refractivity contribution is -0.137. The van der Waals surface area contributed by atoms with E-state index in [0.717, 1.165) is 19.3 Å². The molecule has 0 aromatic carbocycles. The van der Waals surface area contributed by atoms with Crippen LogP contribution in [-0.4, -0.2) is 28.7 Å². The Bertz CT molecular complexity index is 169. The molecule has 1 amide bonds. The predicted octanol–water partition coefficient (Wildman–Crippen LogP) is -0.0529. The molecule has 3 nitrogen and oxygen atoms in total. The van der Waals surface area contributed by atoms with Crippen molar-refractivity contribution in [3.63, 3.8) is 0 Å². The molecular formula is C7H11NO2. The summed E-state index contributed by atoms with van der Waals surface area (Å²) in [4.78, 5) is 12.8. The molecule has 10 heavy (non-hydrogen) atoms. The van der Waals surface area contributed by atoms with Crippen LogP contribution in [-0.2, 0) is 4.79 Å². The van der Waals surface area contributed by atoms with Gasteiger partial charge in [0.1, 0.15) is 6.73 Å². The van der Waals surface area contributed by atoms with Crippen molar-refractivity contribution in [1.29, 1.82) is 0 Å². The SMILES string of the molecule is O=C1[C@H]2CC[C@H](C2)N1CO. The average Bonchev–Trinajstić information content (AvgIpc) is 2.46. The van der Waals surface area contributed by atoms with Crippen LogP contribution in [0, 0.1) is 5.92 Å². The van der Waals surface area contributed by atoms with Crippen molar-refractivity contribution in [3.05, 3.63) is 0 Å². The van der Waals surface area contributed by atoms with Crippen LogP contribution in [0.2, 0.25) is 0 Å². The van der Waals surface area contributed by atoms with Gasteiger partial charge in [0.15, 0.2) is 0 Å². The second-order valence-electron chi connectivity index (χ2n) is 3.11. The van der Waals surface area contributed by atoms with Crippen LogP contribution >= 0.6 is 0 Å². The van der Waals surface area contributed by atoms with E-state index in [4.69, 9.17) is 5.11 Å². The maximum Gasteiger partial charge on any atom is 0.227 e. The maximum atomic E-state index is 11.2. The molecule has 1 heterocycles. The Morgan fingerprint density at radius 3 is 2.80 bits per heavy atom. The van der Waals surface area contributed by atoms with Gasteiger partial charge in [-0.05, 0) is 19.3 Å². The lowest BCUT2D eigenvalue weighted by Gasteiger charge is -2.24. The summed E-state index contributed by atoms with van der Waals surface area (Å²) in [7, 11) is 0. The quantitative estimate of drug-likeness (QED) is 0.556. The van der Waals surface area contributed by atoms with Gasteiger partial charge >= 0.3 is 0 Å². The van der Waals surface area contributed by atoms with E-state index in [0.29, 0.717) is 6.04 Å². The maximum absolute atomic E-state index is 11.2. The molecule has 1 saturated carbocycles. The second-order valence-corrected chi connectivity index (χ2v) is 3.11. The largest absolute Gasteiger partial charge is 0.376 e. The Morgan fingerprint density at radius 1 is 1.60 bits per heavy atom. The number of hydrogen-bond acceptors (Lipinski definition) is 2. The van der Waals surface area contributed by atoms with Crippen molar-refractivity contribution in [2.75, 3.05) is 6.73 Å². The van der Waals surface area contributed by atoms with E-state index in [1.54, 1.807) is 4.90 Å². The lowest BCUT2D eigenvalue weighted by atomic mass is 10.1. The van der Waals surface area contributed by atoms with Crippen LogP contribution in [0.3, 0.4) is 0 Å². The first kappa shape index (κ1) is 6.16. The van der Waals surface area contributed by atoms with Gasteiger partial charge in [-0.1, -0.05) is 0 Å². The van der Waals surface area contributed by atoms with E-state index >= 15 is 0 Å². The van der Waals surface area contributed by atoms with Gasteiger partial charge in [-0.15, -0.1) is 0 Å². The van der Waals surface area contributed by atoms with E-state index in [1.807, 2.05) is 0 Å². The van der Waals surface area contributed by atoms with Crippen molar-refractivity contribution in [3.8, 4) is 0 Å². The Hall–Kier alpha value is -0.570. The second kappa shape index (κ2) is 1.95. The standard InChI is InChI=1S/C7H11NO2/c9-4-8-6-2-1-5(3-6)7(8)10/h5-6,9H,1-4H2/t5-,6+/m0/s1. The molecule has 56 valence electrons. The zero-order chi connectivity index (χ0) is 7.14. The molecular weight excluding hydrogens is 130 g/mol. The minimum absolute atomic E-state index is 0.0833. The molecule has 0 aromatic heterocycles. The minimum Gasteiger partial charge on any atom is -0.376 e. The first-order valence-electron chi connectivity index (χ1n) is 3.74. The first-order valence-corrected chi connectivity index (χ1v) is 3.74. The summed E-state index contributed by atoms with van der Waals surface area (Å²) in [6.07, 6.45) is 3.12. The van der Waals surface area contributed by atoms with Gasteiger partial charge in [-0.3, -0.25) is 4.79 Å². The molecule has 1 aliphatic heterocycles. The highest BCUT2D eigenvalue weighted by molar-refractivity contribution is 5.82. The number of aliphatic hydroxyl groups excluding tert-OH is 1. The number of hydrogen-bond donors (Lipinski definition) is 1. The van der Waals surface area contributed by atoms with Crippen molar-refractivity contribution in [2.45, 2.75) is 25.3 Å². The molecule has 2 atom stereocenters. The lowest BCUT2D eigenvalue weighted by Crippen LogP contribution is -2.37. The molecule has 1 aliphatic carbocycles. The van der Waals surface area contributed by atoms with E-state index in [2.05, 4.69) is 0 Å². The third-order valence-corrected chi connectivity index (χ3v) is 2.63. The zero-order valence-corrected chi connectivity index (χ0v) is 5.79. The number of rotatable bonds is 1. The number of piperidine rings is 1. The topological polar surface area (TPSA) is 40.5 Å². The monoisotopic (exact) mass is 141 g/mol. The minimum atomic E-state index is -0.0833. The number of likely N-dealkylation sites (tertiary alicyclic amines) is 1. The summed E-state index contributed by atoms with van der Waals surface area (Å²) in [6, 6.07) is 0.363. The number of carbonyl (C=O) groups is 1. The highest BCUT2D eigenvalue weighted by atomic mass is 16.3. The van der Waals surface area contributed by atoms with Gasteiger partial charge in [0.2, 0.25) is 5.91 Å². The smallest absolute Gasteiger partial charge is 0.227 e. The molecule has 1 N–H and O–H groups in total. The fourth-order valence-electron chi connectivity index (χ4n) is 2.06. The summed E-state index contributed by atoms with van der Waals surface area (Å²) in [6.45, 7) is -0.0833. The number of nitrogens with zero attached hydrogens (tertiary/aromatic N) is 1. The summed E-state index contributed by atoms with van der Waals surface area (Å²) in [5.41, 5.74) is 0. The van der Waals surface area contributed by atoms with Gasteiger partial charge in [0, 0.05) is 12.0 Å². The first-order chi connectivity index (χ1) is 4.83. The number of fused-ring (bicyclic) bond motifs is 2. The van der Waals surface area contributed by atoms with Gasteiger partial charge in [-0.2, -0.15) is 0 Å². The predicted molar refractivity (Wildman–Crippen MR) is 35.1 cm³/mol. The van der Waals surface area contributed by atoms with Crippen LogP contribution in [0.5, 0.6) is 0 Å². The molecule has 2 aliphatic rings. The number of carbonyl (C=O) groups excluding carboxylic acids is 1. The fourth-order valence-corrected chi connectivity index (χ4v) is 2.06. The molecule has 1 saturated heterocycles. The van der Waals surface area contributed by atoms with Crippen LogP contribution in [0.15, 0.2) is 0 Å². The Morgan fingerprint density at radius 2 is 2.40 bits per heavy atom. The van der Waals surface area contributed by atoms with Crippen LogP contribution in [0.1, 0.15) is 19.3 Å². The van der Waals surface area contributed by atoms with Crippen LogP contribution < -0.4 is 0 Å². The number of amides is 1. The van der Waals surface area contributed by atoms with E-state index in [9.17, 15) is 4.79 Å². The van der Waals surface area contributed by atoms with Crippen LogP contribution in [0.4, 0.5) is 0 Å². The van der Waals surface area contributed by atoms with Gasteiger partial charge in [0.05, 0.1) is 0 Å². The highest BCUT2D eigenvalue weighted by Crippen LogP contribution is 2.37. The number of aliphatic hydroxyl groups is 1. The van der Waals surface area contributed by atoms with Crippen LogP contribution in [0.25, 0.3) is 0 Å². The third kappa shape index (κ3) is 0.611. The van der Waals surface area contributed by atoms with Crippen molar-refractivity contribution < 1.29 is 9.90 Å².